The Hall–Kier alpha value is -2.70. The number of benzene rings is 1. The Labute approximate surface area is 216 Å². The SMILES string of the molecule is CN(C)C1CC23CCC4(O2)C2CC=C(c5ccc6nc(N)oc6c5)C2(C)CCC4(C#N)C=C3C(O)C1O. The summed E-state index contributed by atoms with van der Waals surface area (Å²) in [4.78, 5) is 6.22. The molecule has 2 aliphatic heterocycles. The van der Waals surface area contributed by atoms with Gasteiger partial charge in [0.05, 0.1) is 23.4 Å². The van der Waals surface area contributed by atoms with E-state index in [1.807, 2.05) is 37.2 Å². The van der Waals surface area contributed by atoms with E-state index in [1.165, 1.54) is 5.57 Å². The van der Waals surface area contributed by atoms with Crippen LogP contribution in [0.5, 0.6) is 0 Å². The van der Waals surface area contributed by atoms with E-state index in [2.05, 4.69) is 30.1 Å². The van der Waals surface area contributed by atoms with Gasteiger partial charge in [0, 0.05) is 12.0 Å². The van der Waals surface area contributed by atoms with Gasteiger partial charge in [-0.2, -0.15) is 10.2 Å². The topological polar surface area (TPSA) is 129 Å². The van der Waals surface area contributed by atoms with Crippen molar-refractivity contribution in [3.05, 3.63) is 41.5 Å². The molecule has 1 aromatic heterocycles. The third kappa shape index (κ3) is 2.73. The molecular formula is C29H34N4O4. The fraction of sp³-hybridized carbons (Fsp3) is 0.586. The zero-order valence-electron chi connectivity index (χ0n) is 21.6. The van der Waals surface area contributed by atoms with Crippen molar-refractivity contribution in [2.24, 2.45) is 16.7 Å². The van der Waals surface area contributed by atoms with Crippen molar-refractivity contribution in [2.45, 2.75) is 74.9 Å². The van der Waals surface area contributed by atoms with Crippen molar-refractivity contribution in [1.82, 2.24) is 9.88 Å². The Bertz CT molecular complexity index is 1420. The molecule has 0 radical (unpaired) electrons. The third-order valence-electron chi connectivity index (χ3n) is 10.7. The molecule has 2 bridgehead atoms. The van der Waals surface area contributed by atoms with E-state index in [9.17, 15) is 15.5 Å². The minimum absolute atomic E-state index is 0.123. The van der Waals surface area contributed by atoms with Crippen LogP contribution in [0.2, 0.25) is 0 Å². The lowest BCUT2D eigenvalue weighted by Crippen LogP contribution is -2.66. The van der Waals surface area contributed by atoms with Gasteiger partial charge in [-0.1, -0.05) is 25.1 Å². The van der Waals surface area contributed by atoms with Gasteiger partial charge >= 0.3 is 0 Å². The highest BCUT2D eigenvalue weighted by molar-refractivity contribution is 5.82. The smallest absolute Gasteiger partial charge is 0.292 e. The lowest BCUT2D eigenvalue weighted by molar-refractivity contribution is -0.223. The fourth-order valence-electron chi connectivity index (χ4n) is 8.80. The Morgan fingerprint density at radius 3 is 2.76 bits per heavy atom. The van der Waals surface area contributed by atoms with Crippen LogP contribution in [0.15, 0.2) is 40.3 Å². The number of anilines is 1. The highest BCUT2D eigenvalue weighted by Gasteiger charge is 2.74. The molecule has 2 spiro atoms. The normalized spacial score (nSPS) is 44.1. The Morgan fingerprint density at radius 1 is 1.19 bits per heavy atom. The first kappa shape index (κ1) is 23.4. The van der Waals surface area contributed by atoms with Gasteiger partial charge in [-0.3, -0.25) is 0 Å². The molecule has 8 heteroatoms. The molecule has 1 saturated heterocycles. The molecule has 3 fully saturated rings. The molecule has 2 aromatic rings. The molecule has 194 valence electrons. The van der Waals surface area contributed by atoms with Gasteiger partial charge in [-0.25, -0.2) is 0 Å². The van der Waals surface area contributed by atoms with Crippen molar-refractivity contribution in [3.8, 4) is 6.07 Å². The molecule has 4 N–H and O–H groups in total. The van der Waals surface area contributed by atoms with Gasteiger partial charge in [-0.15, -0.1) is 0 Å². The summed E-state index contributed by atoms with van der Waals surface area (Å²) in [6, 6.07) is 8.70. The Kier molecular flexibility index (Phi) is 4.58. The second-order valence-corrected chi connectivity index (χ2v) is 12.4. The summed E-state index contributed by atoms with van der Waals surface area (Å²) >= 11 is 0. The van der Waals surface area contributed by atoms with Crippen molar-refractivity contribution in [1.29, 1.82) is 5.26 Å². The van der Waals surface area contributed by atoms with E-state index in [0.717, 1.165) is 42.3 Å². The quantitative estimate of drug-likeness (QED) is 0.533. The van der Waals surface area contributed by atoms with Crippen molar-refractivity contribution in [2.75, 3.05) is 19.8 Å². The van der Waals surface area contributed by atoms with E-state index in [-0.39, 0.29) is 23.4 Å². The number of aliphatic hydroxyl groups is 2. The number of hydrogen-bond donors (Lipinski definition) is 3. The zero-order chi connectivity index (χ0) is 26.0. The standard InChI is InChI=1S/C29H34N4O4/c1-26-8-9-27(15-30)13-18-23(34)24(35)20(33(2)3)14-28(18)10-11-29(27,37-28)22(26)7-5-17(26)16-4-6-19-21(12-16)36-25(31)32-19/h4-6,12-13,20,22-24,34-35H,7-11,14H2,1-3H3,(H2,31,32). The van der Waals surface area contributed by atoms with Crippen LogP contribution in [-0.2, 0) is 4.74 Å². The van der Waals surface area contributed by atoms with Gasteiger partial charge in [-0.05, 0) is 86.9 Å². The van der Waals surface area contributed by atoms with Crippen molar-refractivity contribution < 1.29 is 19.4 Å². The Balaban J connectivity index is 1.32. The molecule has 0 amide bonds. The minimum Gasteiger partial charge on any atom is -0.424 e. The maximum absolute atomic E-state index is 11.3. The molecule has 7 rings (SSSR count). The predicted octanol–water partition coefficient (Wildman–Crippen LogP) is 3.41. The summed E-state index contributed by atoms with van der Waals surface area (Å²) in [5, 5.41) is 32.9. The van der Waals surface area contributed by atoms with Crippen LogP contribution in [0.25, 0.3) is 16.7 Å². The predicted molar refractivity (Wildman–Crippen MR) is 138 cm³/mol. The number of oxazole rings is 1. The number of nitrogens with zero attached hydrogens (tertiary/aromatic N) is 3. The number of aliphatic hydroxyl groups excluding tert-OH is 2. The van der Waals surface area contributed by atoms with Crippen LogP contribution in [0.3, 0.4) is 0 Å². The first-order valence-electron chi connectivity index (χ1n) is 13.3. The lowest BCUT2D eigenvalue weighted by Gasteiger charge is -2.61. The molecule has 8 atom stereocenters. The molecule has 1 aromatic carbocycles. The highest BCUT2D eigenvalue weighted by atomic mass is 16.5. The van der Waals surface area contributed by atoms with Crippen molar-refractivity contribution in [3.63, 3.8) is 0 Å². The Morgan fingerprint density at radius 2 is 2.00 bits per heavy atom. The summed E-state index contributed by atoms with van der Waals surface area (Å²) in [5.74, 6) is 0.123. The molecule has 2 saturated carbocycles. The van der Waals surface area contributed by atoms with Gasteiger partial charge < -0.3 is 30.0 Å². The molecule has 3 heterocycles. The highest BCUT2D eigenvalue weighted by Crippen LogP contribution is 2.72. The maximum atomic E-state index is 11.3. The number of fused-ring (bicyclic) bond motifs is 2. The van der Waals surface area contributed by atoms with Gasteiger partial charge in [0.1, 0.15) is 17.0 Å². The number of likely N-dealkylation sites (N-methyl/N-ethyl adjacent to an activating group) is 1. The number of rotatable bonds is 2. The van der Waals surface area contributed by atoms with Crippen molar-refractivity contribution >= 4 is 22.7 Å². The fourth-order valence-corrected chi connectivity index (χ4v) is 8.80. The van der Waals surface area contributed by atoms with Crippen LogP contribution in [0, 0.1) is 28.1 Å². The average Bonchev–Trinajstić information content (AvgIpc) is 3.52. The third-order valence-corrected chi connectivity index (χ3v) is 10.7. The number of ether oxygens (including phenoxy) is 1. The summed E-state index contributed by atoms with van der Waals surface area (Å²) in [5.41, 5.74) is 7.99. The van der Waals surface area contributed by atoms with E-state index in [0.29, 0.717) is 18.4 Å². The van der Waals surface area contributed by atoms with Crippen LogP contribution < -0.4 is 5.73 Å². The number of nitrogen functional groups attached to an aromatic ring is 1. The number of aromatic nitrogens is 1. The van der Waals surface area contributed by atoms with E-state index in [4.69, 9.17) is 14.9 Å². The first-order chi connectivity index (χ1) is 17.6. The second kappa shape index (κ2) is 7.23. The molecule has 5 aliphatic rings. The van der Waals surface area contributed by atoms with E-state index < -0.39 is 28.8 Å². The zero-order valence-corrected chi connectivity index (χ0v) is 21.6. The number of nitriles is 1. The summed E-state index contributed by atoms with van der Waals surface area (Å²) < 4.78 is 12.9. The average molecular weight is 503 g/mol. The summed E-state index contributed by atoms with van der Waals surface area (Å²) in [6.45, 7) is 2.32. The van der Waals surface area contributed by atoms with E-state index in [1.54, 1.807) is 0 Å². The monoisotopic (exact) mass is 502 g/mol. The summed E-state index contributed by atoms with van der Waals surface area (Å²) in [7, 11) is 3.87. The number of hydrogen-bond acceptors (Lipinski definition) is 8. The first-order valence-corrected chi connectivity index (χ1v) is 13.3. The number of nitrogens with two attached hydrogens (primary N) is 1. The van der Waals surface area contributed by atoms with Crippen LogP contribution in [-0.4, -0.2) is 63.6 Å². The second-order valence-electron chi connectivity index (χ2n) is 12.4. The largest absolute Gasteiger partial charge is 0.424 e. The number of allylic oxidation sites excluding steroid dienone is 2. The minimum atomic E-state index is -1.03. The van der Waals surface area contributed by atoms with E-state index >= 15 is 0 Å². The van der Waals surface area contributed by atoms with Gasteiger partial charge in [0.2, 0.25) is 0 Å². The maximum Gasteiger partial charge on any atom is 0.292 e. The van der Waals surface area contributed by atoms with Gasteiger partial charge in [0.25, 0.3) is 6.01 Å². The molecule has 37 heavy (non-hydrogen) atoms. The summed E-state index contributed by atoms with van der Waals surface area (Å²) in [6.07, 6.45) is 6.84. The lowest BCUT2D eigenvalue weighted by atomic mass is 9.49. The van der Waals surface area contributed by atoms with Gasteiger partial charge in [0.15, 0.2) is 5.58 Å². The molecular weight excluding hydrogens is 468 g/mol. The molecule has 3 aliphatic carbocycles. The van der Waals surface area contributed by atoms with Crippen LogP contribution >= 0.6 is 0 Å². The van der Waals surface area contributed by atoms with Crippen LogP contribution in [0.4, 0.5) is 6.01 Å². The molecule has 8 nitrogen and oxygen atoms in total. The van der Waals surface area contributed by atoms with Crippen LogP contribution in [0.1, 0.15) is 51.0 Å². The molecule has 8 unspecified atom stereocenters.